The van der Waals surface area contributed by atoms with E-state index < -0.39 is 18.0 Å². The number of nitrogens with zero attached hydrogens (tertiary/aromatic N) is 3. The van der Waals surface area contributed by atoms with E-state index in [1.54, 1.807) is 6.07 Å². The number of rotatable bonds is 3. The third kappa shape index (κ3) is 3.62. The van der Waals surface area contributed by atoms with Gasteiger partial charge in [0.05, 0.1) is 25.7 Å². The molecular formula is C11H14N4O4. The van der Waals surface area contributed by atoms with E-state index in [1.807, 2.05) is 0 Å². The van der Waals surface area contributed by atoms with Crippen LogP contribution in [0.3, 0.4) is 0 Å². The molecule has 1 fully saturated rings. The Morgan fingerprint density at radius 2 is 2.21 bits per heavy atom. The van der Waals surface area contributed by atoms with E-state index in [4.69, 9.17) is 9.84 Å². The number of aliphatic carboxylic acids is 1. The van der Waals surface area contributed by atoms with E-state index in [0.717, 1.165) is 0 Å². The molecule has 8 nitrogen and oxygen atoms in total. The summed E-state index contributed by atoms with van der Waals surface area (Å²) in [4.78, 5) is 32.0. The molecule has 0 aliphatic carbocycles. The van der Waals surface area contributed by atoms with Gasteiger partial charge in [-0.2, -0.15) is 0 Å². The minimum atomic E-state index is -0.968. The van der Waals surface area contributed by atoms with Gasteiger partial charge in [0.25, 0.3) is 0 Å². The molecule has 1 aromatic heterocycles. The Labute approximate surface area is 109 Å². The van der Waals surface area contributed by atoms with E-state index >= 15 is 0 Å². The molecular weight excluding hydrogens is 252 g/mol. The lowest BCUT2D eigenvalue weighted by Gasteiger charge is -2.34. The summed E-state index contributed by atoms with van der Waals surface area (Å²) in [5, 5.41) is 11.3. The van der Waals surface area contributed by atoms with Crippen molar-refractivity contribution in [1.29, 1.82) is 0 Å². The zero-order valence-electron chi connectivity index (χ0n) is 10.2. The molecule has 2 rings (SSSR count). The number of carbonyl (C=O) groups excluding carboxylic acids is 1. The summed E-state index contributed by atoms with van der Waals surface area (Å²) in [6.45, 7) is 0.950. The largest absolute Gasteiger partial charge is 0.481 e. The first kappa shape index (κ1) is 13.2. The Bertz CT molecular complexity index is 453. The van der Waals surface area contributed by atoms with Crippen molar-refractivity contribution in [3.05, 3.63) is 18.5 Å². The molecule has 1 aromatic rings. The summed E-state index contributed by atoms with van der Waals surface area (Å²) >= 11 is 0. The minimum Gasteiger partial charge on any atom is -0.481 e. The van der Waals surface area contributed by atoms with Gasteiger partial charge in [-0.15, -0.1) is 0 Å². The van der Waals surface area contributed by atoms with Crippen molar-refractivity contribution in [3.63, 3.8) is 0 Å². The third-order valence-electron chi connectivity index (χ3n) is 2.68. The summed E-state index contributed by atoms with van der Waals surface area (Å²) in [5.41, 5.74) is 0. The van der Waals surface area contributed by atoms with Crippen molar-refractivity contribution in [3.8, 4) is 0 Å². The number of hydrogen-bond acceptors (Lipinski definition) is 5. The molecule has 0 bridgehead atoms. The maximum absolute atomic E-state index is 12.0. The Hall–Kier alpha value is -2.22. The van der Waals surface area contributed by atoms with Crippen LogP contribution in [0.5, 0.6) is 0 Å². The fourth-order valence-electron chi connectivity index (χ4n) is 1.82. The van der Waals surface area contributed by atoms with Crippen molar-refractivity contribution in [2.75, 3.05) is 25.1 Å². The van der Waals surface area contributed by atoms with Crippen LogP contribution in [-0.2, 0) is 9.53 Å². The van der Waals surface area contributed by atoms with E-state index in [9.17, 15) is 9.59 Å². The van der Waals surface area contributed by atoms with E-state index in [0.29, 0.717) is 13.2 Å². The van der Waals surface area contributed by atoms with Crippen LogP contribution in [-0.4, -0.2) is 57.8 Å². The van der Waals surface area contributed by atoms with Gasteiger partial charge in [-0.25, -0.2) is 14.8 Å². The maximum atomic E-state index is 12.0. The number of hydrogen-bond donors (Lipinski definition) is 2. The zero-order valence-corrected chi connectivity index (χ0v) is 10.2. The molecule has 0 aromatic carbocycles. The second-order valence-corrected chi connectivity index (χ2v) is 4.02. The van der Waals surface area contributed by atoms with Crippen LogP contribution >= 0.6 is 0 Å². The second kappa shape index (κ2) is 6.10. The van der Waals surface area contributed by atoms with E-state index in [2.05, 4.69) is 15.3 Å². The highest BCUT2D eigenvalue weighted by Gasteiger charge is 2.29. The van der Waals surface area contributed by atoms with Crippen LogP contribution in [0.15, 0.2) is 18.5 Å². The van der Waals surface area contributed by atoms with Crippen LogP contribution < -0.4 is 5.32 Å². The van der Waals surface area contributed by atoms with Crippen molar-refractivity contribution in [1.82, 2.24) is 14.9 Å². The van der Waals surface area contributed by atoms with Gasteiger partial charge in [0.15, 0.2) is 0 Å². The van der Waals surface area contributed by atoms with Gasteiger partial charge in [-0.1, -0.05) is 0 Å². The highest BCUT2D eigenvalue weighted by Crippen LogP contribution is 2.12. The third-order valence-corrected chi connectivity index (χ3v) is 2.68. The van der Waals surface area contributed by atoms with Crippen LogP contribution in [0.1, 0.15) is 6.42 Å². The Morgan fingerprint density at radius 1 is 1.47 bits per heavy atom. The smallest absolute Gasteiger partial charge is 0.324 e. The molecule has 0 radical (unpaired) electrons. The average molecular weight is 266 g/mol. The van der Waals surface area contributed by atoms with Gasteiger partial charge in [0.1, 0.15) is 0 Å². The molecule has 19 heavy (non-hydrogen) atoms. The molecule has 8 heteroatoms. The fourth-order valence-corrected chi connectivity index (χ4v) is 1.82. The van der Waals surface area contributed by atoms with Gasteiger partial charge < -0.3 is 14.7 Å². The van der Waals surface area contributed by atoms with Crippen molar-refractivity contribution in [2.24, 2.45) is 0 Å². The fraction of sp³-hybridized carbons (Fsp3) is 0.455. The number of amides is 2. The lowest BCUT2D eigenvalue weighted by Crippen LogP contribution is -2.51. The van der Waals surface area contributed by atoms with E-state index in [-0.39, 0.29) is 19.0 Å². The molecule has 1 unspecified atom stereocenters. The first-order valence-electron chi connectivity index (χ1n) is 5.81. The maximum Gasteiger partial charge on any atom is 0.324 e. The normalized spacial score (nSPS) is 18.9. The van der Waals surface area contributed by atoms with Crippen molar-refractivity contribution < 1.29 is 19.4 Å². The zero-order chi connectivity index (χ0) is 13.7. The van der Waals surface area contributed by atoms with Crippen molar-refractivity contribution in [2.45, 2.75) is 12.5 Å². The number of aromatic nitrogens is 2. The van der Waals surface area contributed by atoms with Crippen LogP contribution in [0.4, 0.5) is 10.7 Å². The molecule has 0 saturated carbocycles. The topological polar surface area (TPSA) is 105 Å². The number of carboxylic acids is 1. The quantitative estimate of drug-likeness (QED) is 0.808. The predicted molar refractivity (Wildman–Crippen MR) is 64.6 cm³/mol. The standard InChI is InChI=1S/C11H14N4O4/c16-9(17)6-8-7-19-5-4-15(8)11(18)14-10-12-2-1-3-13-10/h1-3,8H,4-7H2,(H,16,17)(H,12,13,14,18). The van der Waals surface area contributed by atoms with Crippen LogP contribution in [0, 0.1) is 0 Å². The number of carboxylic acid groups (broad SMARTS) is 1. The SMILES string of the molecule is O=C(O)CC1COCCN1C(=O)Nc1ncccn1. The summed E-state index contributed by atoms with van der Waals surface area (Å²) < 4.78 is 5.20. The molecule has 2 amide bonds. The highest BCUT2D eigenvalue weighted by molar-refractivity contribution is 5.88. The summed E-state index contributed by atoms with van der Waals surface area (Å²) in [5.74, 6) is -0.780. The molecule has 102 valence electrons. The van der Waals surface area contributed by atoms with Gasteiger partial charge >= 0.3 is 12.0 Å². The minimum absolute atomic E-state index is 0.150. The van der Waals surface area contributed by atoms with Crippen LogP contribution in [0.2, 0.25) is 0 Å². The van der Waals surface area contributed by atoms with Gasteiger partial charge in [-0.05, 0) is 6.07 Å². The molecule has 1 saturated heterocycles. The Morgan fingerprint density at radius 3 is 2.89 bits per heavy atom. The molecule has 1 atom stereocenters. The number of ether oxygens (including phenoxy) is 1. The molecule has 1 aliphatic heterocycles. The molecule has 1 aliphatic rings. The van der Waals surface area contributed by atoms with Crippen molar-refractivity contribution >= 4 is 17.9 Å². The number of morpholine rings is 1. The number of anilines is 1. The summed E-state index contributed by atoms with van der Waals surface area (Å²) in [7, 11) is 0. The lowest BCUT2D eigenvalue weighted by molar-refractivity contribution is -0.139. The second-order valence-electron chi connectivity index (χ2n) is 4.02. The molecule has 2 heterocycles. The van der Waals surface area contributed by atoms with E-state index in [1.165, 1.54) is 17.3 Å². The number of nitrogens with one attached hydrogen (secondary N) is 1. The summed E-state index contributed by atoms with van der Waals surface area (Å²) in [6.07, 6.45) is 2.87. The molecule has 2 N–H and O–H groups in total. The Balaban J connectivity index is 2.01. The number of carbonyl (C=O) groups is 2. The first-order valence-corrected chi connectivity index (χ1v) is 5.81. The highest BCUT2D eigenvalue weighted by atomic mass is 16.5. The van der Waals surface area contributed by atoms with Crippen LogP contribution in [0.25, 0.3) is 0 Å². The van der Waals surface area contributed by atoms with Gasteiger partial charge in [0, 0.05) is 18.9 Å². The lowest BCUT2D eigenvalue weighted by atomic mass is 10.1. The van der Waals surface area contributed by atoms with Gasteiger partial charge in [0.2, 0.25) is 5.95 Å². The Kier molecular flexibility index (Phi) is 4.24. The molecule has 0 spiro atoms. The van der Waals surface area contributed by atoms with Gasteiger partial charge in [-0.3, -0.25) is 10.1 Å². The first-order chi connectivity index (χ1) is 9.16. The predicted octanol–water partition coefficient (Wildman–Crippen LogP) is 0.184. The monoisotopic (exact) mass is 266 g/mol. The number of urea groups is 1. The summed E-state index contributed by atoms with van der Waals surface area (Å²) in [6, 6.07) is 0.744. The average Bonchev–Trinajstić information content (AvgIpc) is 2.39.